The zero-order chi connectivity index (χ0) is 8.27. The van der Waals surface area contributed by atoms with E-state index in [1.807, 2.05) is 0 Å². The smallest absolute Gasteiger partial charge is 0.130 e. The second-order valence-corrected chi connectivity index (χ2v) is 2.30. The van der Waals surface area contributed by atoms with E-state index < -0.39 is 0 Å². The van der Waals surface area contributed by atoms with Gasteiger partial charge in [-0.3, -0.25) is 0 Å². The molecule has 0 saturated heterocycles. The first-order valence-corrected chi connectivity index (χ1v) is 3.31. The number of phenols is 1. The van der Waals surface area contributed by atoms with Crippen LogP contribution < -0.4 is 4.74 Å². The van der Waals surface area contributed by atoms with Gasteiger partial charge in [-0.2, -0.15) is 0 Å². The van der Waals surface area contributed by atoms with E-state index in [1.54, 1.807) is 25.1 Å². The molecule has 0 aliphatic carbocycles. The summed E-state index contributed by atoms with van der Waals surface area (Å²) in [6, 6.07) is 6.60. The number of phenolic OH excluding ortho intramolecular Hbond substituents is 1. The van der Waals surface area contributed by atoms with Crippen LogP contribution in [0.25, 0.3) is 0 Å². The van der Waals surface area contributed by atoms with Gasteiger partial charge in [-0.05, 0) is 19.1 Å². The van der Waals surface area contributed by atoms with Crippen molar-refractivity contribution in [2.45, 2.75) is 6.92 Å². The number of ether oxygens (including phenoxy) is 1. The predicted molar refractivity (Wildman–Crippen MR) is 43.5 cm³/mol. The van der Waals surface area contributed by atoms with Crippen molar-refractivity contribution in [1.29, 1.82) is 0 Å². The van der Waals surface area contributed by atoms with Crippen molar-refractivity contribution >= 4 is 0 Å². The Bertz CT molecular complexity index is 266. The molecule has 0 aromatic heterocycles. The zero-order valence-corrected chi connectivity index (χ0v) is 6.37. The van der Waals surface area contributed by atoms with Crippen LogP contribution >= 0.6 is 0 Å². The molecule has 2 nitrogen and oxygen atoms in total. The predicted octanol–water partition coefficient (Wildman–Crippen LogP) is 2.30. The molecule has 0 atom stereocenters. The maximum absolute atomic E-state index is 9.02. The van der Waals surface area contributed by atoms with Crippen LogP contribution in [0.2, 0.25) is 0 Å². The average Bonchev–Trinajstić information content (AvgIpc) is 1.85. The van der Waals surface area contributed by atoms with Crippen molar-refractivity contribution < 1.29 is 9.84 Å². The highest BCUT2D eigenvalue weighted by Crippen LogP contribution is 2.18. The lowest BCUT2D eigenvalue weighted by Gasteiger charge is -2.03. The molecule has 2 heteroatoms. The number of benzene rings is 1. The summed E-state index contributed by atoms with van der Waals surface area (Å²) in [5.41, 5.74) is 0. The van der Waals surface area contributed by atoms with Crippen LogP contribution in [0.15, 0.2) is 36.6 Å². The van der Waals surface area contributed by atoms with Gasteiger partial charge in [-0.15, -0.1) is 0 Å². The number of hydrogen-bond donors (Lipinski definition) is 1. The van der Waals surface area contributed by atoms with E-state index in [0.717, 1.165) is 0 Å². The first-order chi connectivity index (χ1) is 5.18. The molecular weight excluding hydrogens is 140 g/mol. The fourth-order valence-corrected chi connectivity index (χ4v) is 0.748. The summed E-state index contributed by atoms with van der Waals surface area (Å²) in [7, 11) is 0. The summed E-state index contributed by atoms with van der Waals surface area (Å²) >= 11 is 0. The van der Waals surface area contributed by atoms with E-state index in [9.17, 15) is 0 Å². The Hall–Kier alpha value is -1.44. The van der Waals surface area contributed by atoms with Crippen LogP contribution in [0, 0.1) is 0 Å². The monoisotopic (exact) mass is 150 g/mol. The summed E-state index contributed by atoms with van der Waals surface area (Å²) in [5.74, 6) is 1.41. The van der Waals surface area contributed by atoms with Crippen molar-refractivity contribution in [3.8, 4) is 11.5 Å². The molecule has 0 bridgehead atoms. The Balaban J connectivity index is 2.79. The summed E-state index contributed by atoms with van der Waals surface area (Å²) in [4.78, 5) is 0. The van der Waals surface area contributed by atoms with E-state index in [4.69, 9.17) is 9.84 Å². The van der Waals surface area contributed by atoms with Gasteiger partial charge in [0, 0.05) is 6.07 Å². The molecule has 1 rings (SSSR count). The lowest BCUT2D eigenvalue weighted by molar-refractivity contribution is 0.421. The Morgan fingerprint density at radius 2 is 2.27 bits per heavy atom. The summed E-state index contributed by atoms with van der Waals surface area (Å²) < 4.78 is 5.14. The standard InChI is InChI=1S/C9H10O2/c1-7(2)11-9-5-3-4-8(10)6-9/h3-6,10H,1H2,2H3. The summed E-state index contributed by atoms with van der Waals surface area (Å²) in [6.07, 6.45) is 0. The molecule has 0 heterocycles. The van der Waals surface area contributed by atoms with Gasteiger partial charge in [-0.25, -0.2) is 0 Å². The lowest BCUT2D eigenvalue weighted by atomic mass is 10.3. The quantitative estimate of drug-likeness (QED) is 0.655. The van der Waals surface area contributed by atoms with Gasteiger partial charge < -0.3 is 9.84 Å². The molecule has 58 valence electrons. The van der Waals surface area contributed by atoms with Gasteiger partial charge in [0.15, 0.2) is 0 Å². The molecule has 0 saturated carbocycles. The highest BCUT2D eigenvalue weighted by molar-refractivity contribution is 5.32. The summed E-state index contributed by atoms with van der Waals surface area (Å²) in [5, 5.41) is 9.02. The van der Waals surface area contributed by atoms with Gasteiger partial charge in [0.1, 0.15) is 11.5 Å². The van der Waals surface area contributed by atoms with Gasteiger partial charge in [0.25, 0.3) is 0 Å². The minimum absolute atomic E-state index is 0.198. The Kier molecular flexibility index (Phi) is 2.16. The van der Waals surface area contributed by atoms with Crippen LogP contribution in [0.4, 0.5) is 0 Å². The molecule has 1 N–H and O–H groups in total. The lowest BCUT2D eigenvalue weighted by Crippen LogP contribution is -1.86. The Labute approximate surface area is 65.7 Å². The molecule has 0 spiro atoms. The number of rotatable bonds is 2. The molecule has 1 aromatic rings. The van der Waals surface area contributed by atoms with Crippen molar-refractivity contribution in [3.05, 3.63) is 36.6 Å². The number of hydrogen-bond acceptors (Lipinski definition) is 2. The maximum atomic E-state index is 9.02. The van der Waals surface area contributed by atoms with Crippen molar-refractivity contribution in [2.24, 2.45) is 0 Å². The molecule has 0 aliphatic heterocycles. The first-order valence-electron chi connectivity index (χ1n) is 3.31. The molecule has 11 heavy (non-hydrogen) atoms. The molecule has 1 aromatic carbocycles. The molecule has 0 unspecified atom stereocenters. The fourth-order valence-electron chi connectivity index (χ4n) is 0.748. The summed E-state index contributed by atoms with van der Waals surface area (Å²) in [6.45, 7) is 5.33. The zero-order valence-electron chi connectivity index (χ0n) is 6.37. The molecule has 0 amide bonds. The highest BCUT2D eigenvalue weighted by atomic mass is 16.5. The largest absolute Gasteiger partial charge is 0.508 e. The third-order valence-corrected chi connectivity index (χ3v) is 1.11. The minimum atomic E-state index is 0.198. The molecule has 0 fully saturated rings. The van der Waals surface area contributed by atoms with Crippen LogP contribution in [0.1, 0.15) is 6.92 Å². The average molecular weight is 150 g/mol. The molecule has 0 radical (unpaired) electrons. The second kappa shape index (κ2) is 3.10. The number of aromatic hydroxyl groups is 1. The van der Waals surface area contributed by atoms with Crippen LogP contribution in [-0.4, -0.2) is 5.11 Å². The van der Waals surface area contributed by atoms with Gasteiger partial charge >= 0.3 is 0 Å². The van der Waals surface area contributed by atoms with Gasteiger partial charge in [0.05, 0.1) is 5.76 Å². The fraction of sp³-hybridized carbons (Fsp3) is 0.111. The number of allylic oxidation sites excluding steroid dienone is 1. The topological polar surface area (TPSA) is 29.5 Å². The van der Waals surface area contributed by atoms with Gasteiger partial charge in [0.2, 0.25) is 0 Å². The second-order valence-electron chi connectivity index (χ2n) is 2.30. The van der Waals surface area contributed by atoms with Crippen LogP contribution in [0.3, 0.4) is 0 Å². The van der Waals surface area contributed by atoms with E-state index in [1.165, 1.54) is 6.07 Å². The maximum Gasteiger partial charge on any atom is 0.130 e. The van der Waals surface area contributed by atoms with Gasteiger partial charge in [-0.1, -0.05) is 12.6 Å². The Morgan fingerprint density at radius 1 is 1.55 bits per heavy atom. The van der Waals surface area contributed by atoms with Crippen LogP contribution in [0.5, 0.6) is 11.5 Å². The Morgan fingerprint density at radius 3 is 2.82 bits per heavy atom. The van der Waals surface area contributed by atoms with Crippen LogP contribution in [-0.2, 0) is 0 Å². The van der Waals surface area contributed by atoms with E-state index in [2.05, 4.69) is 6.58 Å². The molecular formula is C9H10O2. The normalized spacial score (nSPS) is 9.18. The third kappa shape index (κ3) is 2.34. The minimum Gasteiger partial charge on any atom is -0.508 e. The van der Waals surface area contributed by atoms with Crippen molar-refractivity contribution in [2.75, 3.05) is 0 Å². The van der Waals surface area contributed by atoms with E-state index in [0.29, 0.717) is 11.5 Å². The van der Waals surface area contributed by atoms with Crippen molar-refractivity contribution in [1.82, 2.24) is 0 Å². The SMILES string of the molecule is C=C(C)Oc1cccc(O)c1. The van der Waals surface area contributed by atoms with Crippen molar-refractivity contribution in [3.63, 3.8) is 0 Å². The van der Waals surface area contributed by atoms with E-state index in [-0.39, 0.29) is 5.75 Å². The first kappa shape index (κ1) is 7.66. The van der Waals surface area contributed by atoms with E-state index >= 15 is 0 Å². The third-order valence-electron chi connectivity index (χ3n) is 1.11. The molecule has 0 aliphatic rings. The highest BCUT2D eigenvalue weighted by Gasteiger charge is 1.93.